The number of aromatic nitrogens is 2. The first-order chi connectivity index (χ1) is 20.0. The molecule has 0 radical (unpaired) electrons. The number of anilines is 1. The van der Waals surface area contributed by atoms with Crippen molar-refractivity contribution in [1.82, 2.24) is 19.8 Å². The van der Waals surface area contributed by atoms with Crippen molar-refractivity contribution < 1.29 is 13.5 Å². The number of halogens is 2. The molecule has 5 atom stereocenters. The molecule has 0 spiro atoms. The van der Waals surface area contributed by atoms with Gasteiger partial charge in [0.25, 0.3) is 5.56 Å². The van der Waals surface area contributed by atoms with Gasteiger partial charge in [-0.3, -0.25) is 9.36 Å². The molecular formula is C32H40F2N6O2. The quantitative estimate of drug-likeness (QED) is 0.330. The minimum atomic E-state index is -0.811. The summed E-state index contributed by atoms with van der Waals surface area (Å²) in [5, 5.41) is 7.57. The van der Waals surface area contributed by atoms with Crippen LogP contribution in [0.2, 0.25) is 0 Å². The number of ether oxygens (including phenoxy) is 1. The van der Waals surface area contributed by atoms with E-state index in [2.05, 4.69) is 48.2 Å². The summed E-state index contributed by atoms with van der Waals surface area (Å²) in [4.78, 5) is 25.5. The van der Waals surface area contributed by atoms with E-state index in [0.717, 1.165) is 49.8 Å². The molecule has 7 rings (SSSR count). The summed E-state index contributed by atoms with van der Waals surface area (Å²) in [6, 6.07) is 9.23. The highest BCUT2D eigenvalue weighted by Crippen LogP contribution is 2.61. The van der Waals surface area contributed by atoms with Gasteiger partial charge in [-0.25, -0.2) is 18.8 Å². The van der Waals surface area contributed by atoms with E-state index in [9.17, 15) is 13.6 Å². The average molecular weight is 579 g/mol. The normalized spacial score (nSPS) is 27.1. The van der Waals surface area contributed by atoms with Crippen molar-refractivity contribution in [3.05, 3.63) is 64.2 Å². The molecule has 2 N–H and O–H groups in total. The van der Waals surface area contributed by atoms with Crippen LogP contribution >= 0.6 is 0 Å². The van der Waals surface area contributed by atoms with Crippen LogP contribution in [0.4, 0.5) is 14.5 Å². The Morgan fingerprint density at radius 2 is 2.00 bits per heavy atom. The number of nitrogens with one attached hydrogen (secondary N) is 2. The van der Waals surface area contributed by atoms with Crippen LogP contribution in [-0.4, -0.2) is 52.1 Å². The molecule has 1 aromatic heterocycles. The second-order valence-electron chi connectivity index (χ2n) is 12.9. The van der Waals surface area contributed by atoms with Gasteiger partial charge in [-0.05, 0) is 73.3 Å². The Kier molecular flexibility index (Phi) is 7.45. The van der Waals surface area contributed by atoms with Crippen molar-refractivity contribution in [3.63, 3.8) is 0 Å². The molecule has 8 nitrogen and oxygen atoms in total. The third-order valence-electron chi connectivity index (χ3n) is 9.95. The average Bonchev–Trinajstić information content (AvgIpc) is 2.95. The van der Waals surface area contributed by atoms with Gasteiger partial charge in [0.2, 0.25) is 0 Å². The molecule has 3 aromatic rings. The maximum absolute atomic E-state index is 14.1. The van der Waals surface area contributed by atoms with Crippen LogP contribution in [0.15, 0.2) is 46.2 Å². The summed E-state index contributed by atoms with van der Waals surface area (Å²) in [7, 11) is 1.61. The number of nitrogens with zero attached hydrogens (tertiary/aromatic N) is 4. The molecule has 224 valence electrons. The Hall–Kier alpha value is -3.53. The van der Waals surface area contributed by atoms with Crippen molar-refractivity contribution in [2.24, 2.45) is 35.2 Å². The summed E-state index contributed by atoms with van der Waals surface area (Å²) in [6.45, 7) is 11.8. The van der Waals surface area contributed by atoms with E-state index in [0.29, 0.717) is 45.9 Å². The van der Waals surface area contributed by atoms with Gasteiger partial charge in [-0.2, -0.15) is 0 Å². The maximum atomic E-state index is 14.1. The second kappa shape index (κ2) is 10.9. The molecule has 1 aliphatic heterocycles. The van der Waals surface area contributed by atoms with Crippen molar-refractivity contribution in [2.45, 2.75) is 59.2 Å². The van der Waals surface area contributed by atoms with Gasteiger partial charge in [0.05, 0.1) is 16.9 Å². The summed E-state index contributed by atoms with van der Waals surface area (Å²) < 4.78 is 34.4. The van der Waals surface area contributed by atoms with Crippen LogP contribution in [0.25, 0.3) is 10.9 Å². The summed E-state index contributed by atoms with van der Waals surface area (Å²) in [5.74, 6) is 1.50. The minimum absolute atomic E-state index is 0.106. The third-order valence-corrected chi connectivity index (χ3v) is 9.95. The zero-order chi connectivity index (χ0) is 29.8. The van der Waals surface area contributed by atoms with E-state index in [1.54, 1.807) is 13.1 Å². The van der Waals surface area contributed by atoms with Gasteiger partial charge in [0.1, 0.15) is 18.2 Å². The smallest absolute Gasteiger partial charge is 0.261 e. The standard InChI is InChI=1S/C32H40F2N6O2/c1-18-16-40(11-10-35-18)31(38-26-13-20-12-24(19(26)2)32(20,3)4)36-22-7-8-23-27(15-22)37-29(39(5)30(23)41)17-42-28-9-6-21(33)14-25(28)34/h6-9,14-15,18-20,24,26,35H,10-13,16-17H2,1-5H3,(H,36,38)/t18-,19-,20-,24+,26-/m0/s1. The number of aliphatic imine (C=N–C) groups is 1. The van der Waals surface area contributed by atoms with Crippen LogP contribution in [0.1, 0.15) is 46.4 Å². The first-order valence-electron chi connectivity index (χ1n) is 14.9. The third kappa shape index (κ3) is 5.25. The fraction of sp³-hybridized carbons (Fsp3) is 0.531. The van der Waals surface area contributed by atoms with E-state index < -0.39 is 11.6 Å². The van der Waals surface area contributed by atoms with Crippen LogP contribution in [0.5, 0.6) is 5.75 Å². The van der Waals surface area contributed by atoms with Crippen LogP contribution in [-0.2, 0) is 13.7 Å². The van der Waals surface area contributed by atoms with Crippen molar-refractivity contribution >= 4 is 22.5 Å². The van der Waals surface area contributed by atoms with Gasteiger partial charge >= 0.3 is 0 Å². The van der Waals surface area contributed by atoms with Crippen LogP contribution in [0.3, 0.4) is 0 Å². The van der Waals surface area contributed by atoms with E-state index in [1.807, 2.05) is 12.1 Å². The predicted molar refractivity (Wildman–Crippen MR) is 161 cm³/mol. The Bertz CT molecular complexity index is 1590. The Morgan fingerprint density at radius 3 is 2.71 bits per heavy atom. The van der Waals surface area contributed by atoms with E-state index in [4.69, 9.17) is 9.73 Å². The summed E-state index contributed by atoms with van der Waals surface area (Å²) in [5.41, 5.74) is 1.46. The molecule has 4 aliphatic rings. The first-order valence-corrected chi connectivity index (χ1v) is 14.9. The fourth-order valence-corrected chi connectivity index (χ4v) is 7.16. The molecule has 3 aliphatic carbocycles. The molecule has 42 heavy (non-hydrogen) atoms. The number of hydrogen-bond donors (Lipinski definition) is 2. The van der Waals surface area contributed by atoms with Gasteiger partial charge in [0, 0.05) is 44.5 Å². The lowest BCUT2D eigenvalue weighted by atomic mass is 9.45. The van der Waals surface area contributed by atoms with Crippen molar-refractivity contribution in [3.8, 4) is 5.75 Å². The Morgan fingerprint density at radius 1 is 1.19 bits per heavy atom. The van der Waals surface area contributed by atoms with Crippen LogP contribution in [0, 0.1) is 34.8 Å². The number of fused-ring (bicyclic) bond motifs is 3. The highest BCUT2D eigenvalue weighted by atomic mass is 19.1. The van der Waals surface area contributed by atoms with Gasteiger partial charge in [-0.15, -0.1) is 0 Å². The lowest BCUT2D eigenvalue weighted by molar-refractivity contribution is -0.108. The first kappa shape index (κ1) is 28.6. The largest absolute Gasteiger partial charge is 0.483 e. The lowest BCUT2D eigenvalue weighted by Crippen LogP contribution is -2.57. The second-order valence-corrected chi connectivity index (χ2v) is 12.9. The molecule has 2 heterocycles. The summed E-state index contributed by atoms with van der Waals surface area (Å²) in [6.07, 6.45) is 2.41. The van der Waals surface area contributed by atoms with Gasteiger partial charge < -0.3 is 20.3 Å². The molecule has 0 amide bonds. The molecule has 4 fully saturated rings. The highest BCUT2D eigenvalue weighted by Gasteiger charge is 2.56. The number of benzene rings is 2. The van der Waals surface area contributed by atoms with Crippen molar-refractivity contribution in [2.75, 3.05) is 25.0 Å². The Balaban J connectivity index is 1.29. The fourth-order valence-electron chi connectivity index (χ4n) is 7.16. The van der Waals surface area contributed by atoms with E-state index in [-0.39, 0.29) is 24.0 Å². The minimum Gasteiger partial charge on any atom is -0.483 e. The Labute approximate surface area is 245 Å². The topological polar surface area (TPSA) is 83.8 Å². The molecule has 0 unspecified atom stereocenters. The molecule has 1 saturated heterocycles. The van der Waals surface area contributed by atoms with Gasteiger partial charge in [-0.1, -0.05) is 20.8 Å². The maximum Gasteiger partial charge on any atom is 0.261 e. The monoisotopic (exact) mass is 578 g/mol. The highest BCUT2D eigenvalue weighted by molar-refractivity contribution is 5.96. The van der Waals surface area contributed by atoms with E-state index in [1.165, 1.54) is 17.1 Å². The number of rotatable bonds is 5. The van der Waals surface area contributed by atoms with E-state index >= 15 is 0 Å². The predicted octanol–water partition coefficient (Wildman–Crippen LogP) is 4.92. The summed E-state index contributed by atoms with van der Waals surface area (Å²) >= 11 is 0. The number of guanidine groups is 1. The molecule has 2 aromatic carbocycles. The molecule has 2 bridgehead atoms. The van der Waals surface area contributed by atoms with Gasteiger partial charge in [0.15, 0.2) is 17.5 Å². The zero-order valence-electron chi connectivity index (χ0n) is 25.0. The number of hydrogen-bond acceptors (Lipinski definition) is 5. The lowest BCUT2D eigenvalue weighted by Gasteiger charge is -2.61. The SMILES string of the molecule is C[C@@H]1[C@@H](N=C(Nc2ccc3c(=O)n(C)c(COc4ccc(F)cc4F)nc3c2)N2CCN[C@@H](C)C2)C[C@@H]2C[C@H]1C2(C)C. The van der Waals surface area contributed by atoms with Crippen LogP contribution < -0.4 is 20.9 Å². The molecule has 10 heteroatoms. The number of piperazine rings is 1. The molecular weight excluding hydrogens is 538 g/mol. The zero-order valence-corrected chi connectivity index (χ0v) is 25.0. The van der Waals surface area contributed by atoms with Crippen molar-refractivity contribution in [1.29, 1.82) is 0 Å². The molecule has 3 saturated carbocycles.